The number of rotatable bonds is 5. The van der Waals surface area contributed by atoms with Crippen LogP contribution in [0.2, 0.25) is 0 Å². The standard InChI is InChI=1S/C12H19NO/c1-4-10-6-8-12(14-10)11(13)7-5-9(2)3/h6,8,11H,2,4-5,7,13H2,1,3H3. The molecule has 0 spiro atoms. The number of furan rings is 1. The quantitative estimate of drug-likeness (QED) is 0.729. The Hall–Kier alpha value is -1.02. The van der Waals surface area contributed by atoms with Crippen molar-refractivity contribution in [2.75, 3.05) is 0 Å². The van der Waals surface area contributed by atoms with Gasteiger partial charge in [0.25, 0.3) is 0 Å². The SMILES string of the molecule is C=C(C)CCC(N)c1ccc(CC)o1. The maximum atomic E-state index is 5.98. The average molecular weight is 193 g/mol. The van der Waals surface area contributed by atoms with E-state index in [0.29, 0.717) is 0 Å². The summed E-state index contributed by atoms with van der Waals surface area (Å²) in [6, 6.07) is 3.98. The van der Waals surface area contributed by atoms with Crippen LogP contribution >= 0.6 is 0 Å². The Morgan fingerprint density at radius 2 is 2.29 bits per heavy atom. The van der Waals surface area contributed by atoms with Gasteiger partial charge in [-0.3, -0.25) is 0 Å². The molecule has 1 heterocycles. The van der Waals surface area contributed by atoms with Crippen molar-refractivity contribution in [3.63, 3.8) is 0 Å². The third-order valence-corrected chi connectivity index (χ3v) is 2.28. The second-order valence-electron chi connectivity index (χ2n) is 3.76. The Labute approximate surface area is 85.8 Å². The lowest BCUT2D eigenvalue weighted by Gasteiger charge is -2.07. The molecule has 1 unspecified atom stereocenters. The molecule has 0 fully saturated rings. The fourth-order valence-electron chi connectivity index (χ4n) is 1.33. The first-order chi connectivity index (χ1) is 6.63. The predicted molar refractivity (Wildman–Crippen MR) is 59.1 cm³/mol. The van der Waals surface area contributed by atoms with Crippen molar-refractivity contribution in [3.8, 4) is 0 Å². The molecular formula is C12H19NO. The van der Waals surface area contributed by atoms with Crippen LogP contribution in [0.4, 0.5) is 0 Å². The van der Waals surface area contributed by atoms with Gasteiger partial charge in [0.2, 0.25) is 0 Å². The summed E-state index contributed by atoms with van der Waals surface area (Å²) in [6.45, 7) is 7.95. The van der Waals surface area contributed by atoms with Crippen LogP contribution in [-0.4, -0.2) is 0 Å². The zero-order valence-corrected chi connectivity index (χ0v) is 9.05. The molecule has 0 amide bonds. The number of hydrogen-bond acceptors (Lipinski definition) is 2. The monoisotopic (exact) mass is 193 g/mol. The van der Waals surface area contributed by atoms with Crippen LogP contribution in [0.1, 0.15) is 44.3 Å². The Morgan fingerprint density at radius 3 is 2.79 bits per heavy atom. The maximum absolute atomic E-state index is 5.98. The van der Waals surface area contributed by atoms with E-state index in [2.05, 4.69) is 13.5 Å². The van der Waals surface area contributed by atoms with E-state index in [1.165, 1.54) is 5.57 Å². The minimum atomic E-state index is 0.00648. The van der Waals surface area contributed by atoms with E-state index in [0.717, 1.165) is 30.8 Å². The summed E-state index contributed by atoms with van der Waals surface area (Å²) in [5.74, 6) is 1.90. The number of nitrogens with two attached hydrogens (primary N) is 1. The van der Waals surface area contributed by atoms with Crippen molar-refractivity contribution < 1.29 is 4.42 Å². The molecule has 0 radical (unpaired) electrons. The Balaban J connectivity index is 2.51. The van der Waals surface area contributed by atoms with Crippen LogP contribution in [0.25, 0.3) is 0 Å². The summed E-state index contributed by atoms with van der Waals surface area (Å²) in [5.41, 5.74) is 7.15. The van der Waals surface area contributed by atoms with Crippen LogP contribution in [-0.2, 0) is 6.42 Å². The molecule has 1 aromatic rings. The second-order valence-corrected chi connectivity index (χ2v) is 3.76. The van der Waals surface area contributed by atoms with Gasteiger partial charge in [-0.2, -0.15) is 0 Å². The van der Waals surface area contributed by atoms with Crippen LogP contribution in [0.5, 0.6) is 0 Å². The summed E-state index contributed by atoms with van der Waals surface area (Å²) >= 11 is 0. The highest BCUT2D eigenvalue weighted by Crippen LogP contribution is 2.20. The largest absolute Gasteiger partial charge is 0.464 e. The van der Waals surface area contributed by atoms with Gasteiger partial charge in [-0.15, -0.1) is 6.58 Å². The van der Waals surface area contributed by atoms with Gasteiger partial charge < -0.3 is 10.2 Å². The topological polar surface area (TPSA) is 39.2 Å². The van der Waals surface area contributed by atoms with Crippen molar-refractivity contribution in [1.29, 1.82) is 0 Å². The van der Waals surface area contributed by atoms with Gasteiger partial charge in [0.05, 0.1) is 6.04 Å². The van der Waals surface area contributed by atoms with Crippen molar-refractivity contribution in [2.24, 2.45) is 5.73 Å². The molecular weight excluding hydrogens is 174 g/mol. The molecule has 2 heteroatoms. The molecule has 0 saturated carbocycles. The van der Waals surface area contributed by atoms with Gasteiger partial charge in [-0.25, -0.2) is 0 Å². The molecule has 1 aromatic heterocycles. The summed E-state index contributed by atoms with van der Waals surface area (Å²) in [4.78, 5) is 0. The van der Waals surface area contributed by atoms with Gasteiger partial charge >= 0.3 is 0 Å². The summed E-state index contributed by atoms with van der Waals surface area (Å²) < 4.78 is 5.57. The predicted octanol–water partition coefficient (Wildman–Crippen LogP) is 3.20. The average Bonchev–Trinajstić information content (AvgIpc) is 2.62. The highest BCUT2D eigenvalue weighted by Gasteiger charge is 2.09. The molecule has 0 aliphatic heterocycles. The molecule has 2 nitrogen and oxygen atoms in total. The molecule has 0 aliphatic rings. The number of allylic oxidation sites excluding steroid dienone is 1. The first kappa shape index (κ1) is 11.1. The van der Waals surface area contributed by atoms with E-state index >= 15 is 0 Å². The lowest BCUT2D eigenvalue weighted by atomic mass is 10.1. The minimum Gasteiger partial charge on any atom is -0.464 e. The van der Waals surface area contributed by atoms with Gasteiger partial charge in [0.1, 0.15) is 11.5 Å². The molecule has 0 aromatic carbocycles. The van der Waals surface area contributed by atoms with Crippen LogP contribution < -0.4 is 5.73 Å². The van der Waals surface area contributed by atoms with E-state index in [1.807, 2.05) is 19.1 Å². The summed E-state index contributed by atoms with van der Waals surface area (Å²) in [7, 11) is 0. The van der Waals surface area contributed by atoms with Gasteiger partial charge in [0.15, 0.2) is 0 Å². The van der Waals surface area contributed by atoms with Crippen LogP contribution in [0.15, 0.2) is 28.7 Å². The molecule has 78 valence electrons. The first-order valence-corrected chi connectivity index (χ1v) is 5.12. The third-order valence-electron chi connectivity index (χ3n) is 2.28. The molecule has 0 aliphatic carbocycles. The summed E-state index contributed by atoms with van der Waals surface area (Å²) in [6.07, 6.45) is 2.79. The van der Waals surface area contributed by atoms with Gasteiger partial charge in [-0.1, -0.05) is 12.5 Å². The van der Waals surface area contributed by atoms with E-state index in [-0.39, 0.29) is 6.04 Å². The van der Waals surface area contributed by atoms with Crippen LogP contribution in [0, 0.1) is 0 Å². The van der Waals surface area contributed by atoms with E-state index in [1.54, 1.807) is 0 Å². The Bertz CT molecular complexity index is 301. The molecule has 0 bridgehead atoms. The lowest BCUT2D eigenvalue weighted by molar-refractivity contribution is 0.425. The molecule has 0 saturated heterocycles. The molecule has 1 rings (SSSR count). The molecule has 14 heavy (non-hydrogen) atoms. The third kappa shape index (κ3) is 3.04. The van der Waals surface area contributed by atoms with Gasteiger partial charge in [0, 0.05) is 6.42 Å². The minimum absolute atomic E-state index is 0.00648. The fraction of sp³-hybridized carbons (Fsp3) is 0.500. The number of hydrogen-bond donors (Lipinski definition) is 1. The van der Waals surface area contributed by atoms with Crippen molar-refractivity contribution >= 4 is 0 Å². The summed E-state index contributed by atoms with van der Waals surface area (Å²) in [5, 5.41) is 0. The first-order valence-electron chi connectivity index (χ1n) is 5.12. The highest BCUT2D eigenvalue weighted by atomic mass is 16.3. The zero-order valence-electron chi connectivity index (χ0n) is 9.05. The van der Waals surface area contributed by atoms with E-state index in [4.69, 9.17) is 10.2 Å². The van der Waals surface area contributed by atoms with Crippen LogP contribution in [0.3, 0.4) is 0 Å². The van der Waals surface area contributed by atoms with E-state index < -0.39 is 0 Å². The Morgan fingerprint density at radius 1 is 1.57 bits per heavy atom. The van der Waals surface area contributed by atoms with Crippen molar-refractivity contribution in [3.05, 3.63) is 35.8 Å². The molecule has 1 atom stereocenters. The van der Waals surface area contributed by atoms with Gasteiger partial charge in [-0.05, 0) is 31.9 Å². The fourth-order valence-corrected chi connectivity index (χ4v) is 1.33. The second kappa shape index (κ2) is 5.01. The number of aryl methyl sites for hydroxylation is 1. The van der Waals surface area contributed by atoms with Crippen molar-refractivity contribution in [1.82, 2.24) is 0 Å². The smallest absolute Gasteiger partial charge is 0.120 e. The molecule has 2 N–H and O–H groups in total. The van der Waals surface area contributed by atoms with Crippen molar-refractivity contribution in [2.45, 2.75) is 39.2 Å². The zero-order chi connectivity index (χ0) is 10.6. The Kier molecular flexibility index (Phi) is 3.96. The maximum Gasteiger partial charge on any atom is 0.120 e. The highest BCUT2D eigenvalue weighted by molar-refractivity contribution is 5.10. The normalized spacial score (nSPS) is 12.8. The lowest BCUT2D eigenvalue weighted by Crippen LogP contribution is -2.09. The van der Waals surface area contributed by atoms with E-state index in [9.17, 15) is 0 Å².